The zero-order valence-electron chi connectivity index (χ0n) is 20.9. The maximum atomic E-state index is 2.38. The van der Waals surface area contributed by atoms with E-state index in [1.807, 2.05) is 0 Å². The summed E-state index contributed by atoms with van der Waals surface area (Å²) >= 11 is 0. The second-order valence-corrected chi connectivity index (χ2v) is 10.2. The predicted octanol–water partition coefficient (Wildman–Crippen LogP) is 10.8. The molecule has 0 heterocycles. The smallest absolute Gasteiger partial charge is 0.00988 e. The molecule has 0 heteroatoms. The van der Waals surface area contributed by atoms with Crippen LogP contribution in [0.3, 0.4) is 0 Å². The summed E-state index contributed by atoms with van der Waals surface area (Å²) in [5.74, 6) is 0. The zero-order chi connectivity index (χ0) is 25.1. The Morgan fingerprint density at radius 3 is 1.55 bits per heavy atom. The normalized spacial score (nSPS) is 11.7. The van der Waals surface area contributed by atoms with Crippen LogP contribution in [0.1, 0.15) is 0 Å². The van der Waals surface area contributed by atoms with Crippen LogP contribution in [-0.2, 0) is 0 Å². The molecule has 0 aliphatic rings. The van der Waals surface area contributed by atoms with Crippen LogP contribution < -0.4 is 0 Å². The minimum absolute atomic E-state index is 1.24. The van der Waals surface area contributed by atoms with E-state index in [2.05, 4.69) is 146 Å². The van der Waals surface area contributed by atoms with Crippen molar-refractivity contribution >= 4 is 53.9 Å². The van der Waals surface area contributed by atoms with Gasteiger partial charge in [-0.2, -0.15) is 0 Å². The van der Waals surface area contributed by atoms with Gasteiger partial charge < -0.3 is 0 Å². The lowest BCUT2D eigenvalue weighted by molar-refractivity contribution is 1.64. The Kier molecular flexibility index (Phi) is 4.62. The van der Waals surface area contributed by atoms with Gasteiger partial charge in [-0.3, -0.25) is 0 Å². The van der Waals surface area contributed by atoms with Crippen molar-refractivity contribution in [2.75, 3.05) is 0 Å². The molecule has 38 heavy (non-hydrogen) atoms. The first-order chi connectivity index (χ1) is 18.8. The number of hydrogen-bond acceptors (Lipinski definition) is 0. The summed E-state index contributed by atoms with van der Waals surface area (Å²) < 4.78 is 0. The van der Waals surface area contributed by atoms with Crippen LogP contribution in [0.5, 0.6) is 0 Å². The van der Waals surface area contributed by atoms with Crippen LogP contribution in [0.4, 0.5) is 0 Å². The summed E-state index contributed by atoms with van der Waals surface area (Å²) in [6.07, 6.45) is 0. The summed E-state index contributed by atoms with van der Waals surface area (Å²) in [5, 5.41) is 12.9. The van der Waals surface area contributed by atoms with Crippen LogP contribution in [-0.4, -0.2) is 0 Å². The SMILES string of the molecule is c1cc(-c2ccc(-c3cc4ccccc4c4ccccc34)cc2)c2cc3c(ccc4ccccc43)cc2c1. The summed E-state index contributed by atoms with van der Waals surface area (Å²) in [5.41, 5.74) is 5.03. The molecule has 0 radical (unpaired) electrons. The van der Waals surface area contributed by atoms with Crippen molar-refractivity contribution in [2.45, 2.75) is 0 Å². The first kappa shape index (κ1) is 21.2. The Morgan fingerprint density at radius 1 is 0.237 bits per heavy atom. The van der Waals surface area contributed by atoms with E-state index in [0.717, 1.165) is 0 Å². The number of fused-ring (bicyclic) bond motifs is 7. The van der Waals surface area contributed by atoms with Gasteiger partial charge in [-0.1, -0.05) is 127 Å². The Morgan fingerprint density at radius 2 is 0.763 bits per heavy atom. The highest BCUT2D eigenvalue weighted by Crippen LogP contribution is 2.38. The second-order valence-electron chi connectivity index (χ2n) is 10.2. The second kappa shape index (κ2) is 8.30. The van der Waals surface area contributed by atoms with E-state index in [-0.39, 0.29) is 0 Å². The Hall–Kier alpha value is -4.94. The fourth-order valence-electron chi connectivity index (χ4n) is 6.16. The van der Waals surface area contributed by atoms with Crippen molar-refractivity contribution in [3.63, 3.8) is 0 Å². The lowest BCUT2D eigenvalue weighted by atomic mass is 9.91. The third-order valence-electron chi connectivity index (χ3n) is 8.02. The largest absolute Gasteiger partial charge is 0.0616 e. The summed E-state index contributed by atoms with van der Waals surface area (Å²) in [6.45, 7) is 0. The predicted molar refractivity (Wildman–Crippen MR) is 165 cm³/mol. The molecule has 8 rings (SSSR count). The molecular weight excluding hydrogens is 456 g/mol. The van der Waals surface area contributed by atoms with Crippen LogP contribution in [0.25, 0.3) is 76.1 Å². The first-order valence-corrected chi connectivity index (χ1v) is 13.2. The van der Waals surface area contributed by atoms with Crippen LogP contribution in [0, 0.1) is 0 Å². The van der Waals surface area contributed by atoms with Crippen LogP contribution in [0.15, 0.2) is 146 Å². The highest BCUT2D eigenvalue weighted by molar-refractivity contribution is 6.15. The maximum absolute atomic E-state index is 2.38. The molecule has 0 unspecified atom stereocenters. The molecule has 8 aromatic carbocycles. The third-order valence-corrected chi connectivity index (χ3v) is 8.02. The van der Waals surface area contributed by atoms with Gasteiger partial charge >= 0.3 is 0 Å². The molecule has 0 spiro atoms. The van der Waals surface area contributed by atoms with Crippen LogP contribution in [0.2, 0.25) is 0 Å². The van der Waals surface area contributed by atoms with Gasteiger partial charge in [0.2, 0.25) is 0 Å². The Labute approximate surface area is 221 Å². The van der Waals surface area contributed by atoms with E-state index >= 15 is 0 Å². The monoisotopic (exact) mass is 480 g/mol. The molecule has 0 aliphatic heterocycles. The van der Waals surface area contributed by atoms with Crippen molar-refractivity contribution in [1.29, 1.82) is 0 Å². The van der Waals surface area contributed by atoms with E-state index in [9.17, 15) is 0 Å². The summed E-state index contributed by atoms with van der Waals surface area (Å²) in [4.78, 5) is 0. The molecule has 0 fully saturated rings. The van der Waals surface area contributed by atoms with Crippen molar-refractivity contribution in [3.05, 3.63) is 146 Å². The minimum atomic E-state index is 1.24. The first-order valence-electron chi connectivity index (χ1n) is 13.2. The van der Waals surface area contributed by atoms with Gasteiger partial charge in [-0.25, -0.2) is 0 Å². The quantitative estimate of drug-likeness (QED) is 0.170. The molecule has 0 amide bonds. The van der Waals surface area contributed by atoms with Gasteiger partial charge in [0.1, 0.15) is 0 Å². The fourth-order valence-corrected chi connectivity index (χ4v) is 6.16. The van der Waals surface area contributed by atoms with E-state index < -0.39 is 0 Å². The average Bonchev–Trinajstić information content (AvgIpc) is 2.99. The standard InChI is InChI=1S/C38H24/c1-3-11-31-25(8-1)20-21-30-22-28-10-7-15-32(37(28)24-38(30)31)26-16-18-27(19-17-26)36-23-29-9-2-4-12-33(29)34-13-5-6-14-35(34)36/h1-24H. The summed E-state index contributed by atoms with van der Waals surface area (Å²) in [6, 6.07) is 53.4. The molecule has 0 N–H and O–H groups in total. The minimum Gasteiger partial charge on any atom is -0.0616 e. The van der Waals surface area contributed by atoms with Gasteiger partial charge in [0.25, 0.3) is 0 Å². The molecule has 0 atom stereocenters. The van der Waals surface area contributed by atoms with Crippen molar-refractivity contribution in [3.8, 4) is 22.3 Å². The number of benzene rings is 8. The molecule has 0 aliphatic carbocycles. The number of hydrogen-bond donors (Lipinski definition) is 0. The molecular formula is C38H24. The highest BCUT2D eigenvalue weighted by atomic mass is 14.1. The van der Waals surface area contributed by atoms with E-state index in [1.54, 1.807) is 0 Å². The van der Waals surface area contributed by atoms with Gasteiger partial charge in [0.05, 0.1) is 0 Å². The molecule has 0 saturated heterocycles. The lowest BCUT2D eigenvalue weighted by Crippen LogP contribution is -1.86. The molecule has 0 nitrogen and oxygen atoms in total. The summed E-state index contributed by atoms with van der Waals surface area (Å²) in [7, 11) is 0. The van der Waals surface area contributed by atoms with Gasteiger partial charge in [0, 0.05) is 0 Å². The molecule has 0 bridgehead atoms. The third kappa shape index (κ3) is 3.24. The van der Waals surface area contributed by atoms with Gasteiger partial charge in [-0.15, -0.1) is 0 Å². The van der Waals surface area contributed by atoms with Crippen molar-refractivity contribution < 1.29 is 0 Å². The zero-order valence-corrected chi connectivity index (χ0v) is 20.9. The van der Waals surface area contributed by atoms with E-state index in [4.69, 9.17) is 0 Å². The Balaban J connectivity index is 1.30. The van der Waals surface area contributed by atoms with Crippen LogP contribution >= 0.6 is 0 Å². The fraction of sp³-hybridized carbons (Fsp3) is 0. The van der Waals surface area contributed by atoms with Gasteiger partial charge in [0.15, 0.2) is 0 Å². The molecule has 8 aromatic rings. The lowest BCUT2D eigenvalue weighted by Gasteiger charge is -2.13. The topological polar surface area (TPSA) is 0 Å². The van der Waals surface area contributed by atoms with E-state index in [0.29, 0.717) is 0 Å². The molecule has 176 valence electrons. The van der Waals surface area contributed by atoms with Crippen molar-refractivity contribution in [1.82, 2.24) is 0 Å². The van der Waals surface area contributed by atoms with E-state index in [1.165, 1.54) is 76.1 Å². The van der Waals surface area contributed by atoms with Crippen molar-refractivity contribution in [2.24, 2.45) is 0 Å². The Bertz CT molecular complexity index is 2160. The number of rotatable bonds is 2. The highest BCUT2D eigenvalue weighted by Gasteiger charge is 2.11. The average molecular weight is 481 g/mol. The maximum Gasteiger partial charge on any atom is -0.00988 e. The molecule has 0 aromatic heterocycles. The van der Waals surface area contributed by atoms with Gasteiger partial charge in [-0.05, 0) is 94.3 Å². The molecule has 0 saturated carbocycles.